The fraction of sp³-hybridized carbons (Fsp3) is 0.722. The summed E-state index contributed by atoms with van der Waals surface area (Å²) in [7, 11) is -3.57. The molecule has 0 bridgehead atoms. The first-order chi connectivity index (χ1) is 11.9. The number of unbranched alkanes of at least 4 members (excludes halogenated alkanes) is 9. The molecule has 0 radical (unpaired) electrons. The average molecular weight is 374 g/mol. The van der Waals surface area contributed by atoms with E-state index in [0.717, 1.165) is 30.7 Å². The number of carbonyl (C=O) groups is 1. The molecule has 0 fully saturated rings. The highest BCUT2D eigenvalue weighted by Crippen LogP contribution is 2.14. The molecule has 25 heavy (non-hydrogen) atoms. The smallest absolute Gasteiger partial charge is 0.333 e. The maximum atomic E-state index is 11.8. The van der Waals surface area contributed by atoms with Crippen LogP contribution >= 0.6 is 0 Å². The summed E-state index contributed by atoms with van der Waals surface area (Å²) >= 11 is 0. The van der Waals surface area contributed by atoms with Crippen molar-refractivity contribution in [3.05, 3.63) is 23.1 Å². The fourth-order valence-electron chi connectivity index (χ4n) is 2.59. The molecule has 0 aliphatic carbocycles. The molecular weight excluding hydrogens is 342 g/mol. The molecule has 1 atom stereocenters. The minimum absolute atomic E-state index is 0.134. The maximum Gasteiger partial charge on any atom is 0.333 e. The number of sulfonamides is 1. The van der Waals surface area contributed by atoms with Crippen LogP contribution in [0.15, 0.2) is 23.1 Å². The standard InChI is InChI=1S/C18H31NO5S/c1-2-3-4-5-6-7-8-9-10-11-13-19-25(22,23)14-12-16-15-17(20)24-18(16)21/h12,14-15,18-19,21H,2-11,13H2,1H3/b14-12+. The summed E-state index contributed by atoms with van der Waals surface area (Å²) in [5, 5.41) is 10.3. The molecule has 0 spiro atoms. The Hall–Kier alpha value is -1.18. The van der Waals surface area contributed by atoms with Crippen LogP contribution in [-0.4, -0.2) is 32.3 Å². The van der Waals surface area contributed by atoms with Gasteiger partial charge in [-0.2, -0.15) is 0 Å². The Morgan fingerprint density at radius 1 is 1.08 bits per heavy atom. The molecule has 7 heteroatoms. The van der Waals surface area contributed by atoms with Gasteiger partial charge in [0.15, 0.2) is 0 Å². The first-order valence-corrected chi connectivity index (χ1v) is 10.8. The zero-order valence-electron chi connectivity index (χ0n) is 15.1. The third kappa shape index (κ3) is 10.4. The lowest BCUT2D eigenvalue weighted by Crippen LogP contribution is -2.22. The number of esters is 1. The van der Waals surface area contributed by atoms with Crippen molar-refractivity contribution < 1.29 is 23.1 Å². The summed E-state index contributed by atoms with van der Waals surface area (Å²) in [5.41, 5.74) is 0.134. The topological polar surface area (TPSA) is 92.7 Å². The summed E-state index contributed by atoms with van der Waals surface area (Å²) in [6, 6.07) is 0. The van der Waals surface area contributed by atoms with E-state index in [1.165, 1.54) is 51.0 Å². The number of ether oxygens (including phenoxy) is 1. The van der Waals surface area contributed by atoms with Crippen LogP contribution in [0.3, 0.4) is 0 Å². The summed E-state index contributed by atoms with van der Waals surface area (Å²) in [6.45, 7) is 2.61. The van der Waals surface area contributed by atoms with Gasteiger partial charge >= 0.3 is 5.97 Å². The Morgan fingerprint density at radius 2 is 1.64 bits per heavy atom. The molecule has 0 aromatic rings. The van der Waals surface area contributed by atoms with Crippen LogP contribution in [0.25, 0.3) is 0 Å². The Labute approximate surface area is 151 Å². The van der Waals surface area contributed by atoms with Gasteiger partial charge in [-0.1, -0.05) is 64.7 Å². The van der Waals surface area contributed by atoms with Gasteiger partial charge in [0.2, 0.25) is 16.3 Å². The first-order valence-electron chi connectivity index (χ1n) is 9.22. The van der Waals surface area contributed by atoms with Gasteiger partial charge in [-0.15, -0.1) is 0 Å². The van der Waals surface area contributed by atoms with E-state index < -0.39 is 22.3 Å². The Morgan fingerprint density at radius 3 is 2.16 bits per heavy atom. The van der Waals surface area contributed by atoms with Gasteiger partial charge in [-0.25, -0.2) is 17.9 Å². The van der Waals surface area contributed by atoms with Crippen LogP contribution < -0.4 is 4.72 Å². The molecule has 144 valence electrons. The second-order valence-corrected chi connectivity index (χ2v) is 8.01. The Balaban J connectivity index is 2.07. The van der Waals surface area contributed by atoms with Gasteiger partial charge < -0.3 is 9.84 Å². The molecular formula is C18H31NO5S. The molecule has 0 saturated carbocycles. The van der Waals surface area contributed by atoms with Crippen molar-refractivity contribution in [1.29, 1.82) is 0 Å². The van der Waals surface area contributed by atoms with Crippen molar-refractivity contribution in [2.75, 3.05) is 6.54 Å². The normalized spacial score (nSPS) is 17.9. The molecule has 6 nitrogen and oxygen atoms in total. The second kappa shape index (κ2) is 12.2. The monoisotopic (exact) mass is 373 g/mol. The van der Waals surface area contributed by atoms with Gasteiger partial charge in [-0.3, -0.25) is 0 Å². The number of hydrogen-bond acceptors (Lipinski definition) is 5. The average Bonchev–Trinajstić information content (AvgIpc) is 2.88. The van der Waals surface area contributed by atoms with E-state index in [1.807, 2.05) is 0 Å². The molecule has 1 aliphatic heterocycles. The third-order valence-electron chi connectivity index (χ3n) is 4.07. The predicted octanol–water partition coefficient (Wildman–Crippen LogP) is 3.14. The third-order valence-corrected chi connectivity index (χ3v) is 5.17. The van der Waals surface area contributed by atoms with E-state index in [1.54, 1.807) is 0 Å². The van der Waals surface area contributed by atoms with Crippen molar-refractivity contribution in [2.45, 2.75) is 77.4 Å². The largest absolute Gasteiger partial charge is 0.428 e. The van der Waals surface area contributed by atoms with Crippen LogP contribution in [0.5, 0.6) is 0 Å². The van der Waals surface area contributed by atoms with Crippen molar-refractivity contribution >= 4 is 16.0 Å². The highest BCUT2D eigenvalue weighted by atomic mass is 32.2. The molecule has 0 aromatic heterocycles. The molecule has 0 amide bonds. The zero-order valence-corrected chi connectivity index (χ0v) is 15.9. The van der Waals surface area contributed by atoms with Gasteiger partial charge in [0, 0.05) is 23.6 Å². The number of aliphatic hydroxyl groups is 1. The minimum Gasteiger partial charge on any atom is -0.428 e. The van der Waals surface area contributed by atoms with Crippen molar-refractivity contribution in [2.24, 2.45) is 0 Å². The predicted molar refractivity (Wildman–Crippen MR) is 98.1 cm³/mol. The summed E-state index contributed by atoms with van der Waals surface area (Å²) in [6.07, 6.45) is 12.8. The molecule has 1 aliphatic rings. The number of carbonyl (C=O) groups excluding carboxylic acids is 1. The number of hydrogen-bond donors (Lipinski definition) is 2. The quantitative estimate of drug-likeness (QED) is 0.360. The minimum atomic E-state index is -3.57. The first kappa shape index (κ1) is 21.9. The lowest BCUT2D eigenvalue weighted by Gasteiger charge is -2.05. The van der Waals surface area contributed by atoms with Crippen molar-refractivity contribution in [1.82, 2.24) is 4.72 Å². The van der Waals surface area contributed by atoms with Crippen LogP contribution in [0, 0.1) is 0 Å². The molecule has 2 N–H and O–H groups in total. The van der Waals surface area contributed by atoms with Gasteiger partial charge in [-0.05, 0) is 12.5 Å². The lowest BCUT2D eigenvalue weighted by atomic mass is 10.1. The van der Waals surface area contributed by atoms with E-state index in [0.29, 0.717) is 6.54 Å². The van der Waals surface area contributed by atoms with E-state index in [4.69, 9.17) is 0 Å². The SMILES string of the molecule is CCCCCCCCCCCCNS(=O)(=O)/C=C/C1=CC(=O)OC1O. The maximum absolute atomic E-state index is 11.8. The number of rotatable bonds is 14. The molecule has 1 unspecified atom stereocenters. The number of cyclic esters (lactones) is 1. The Bertz CT molecular complexity index is 554. The van der Waals surface area contributed by atoms with Gasteiger partial charge in [0.25, 0.3) is 0 Å². The van der Waals surface area contributed by atoms with Crippen molar-refractivity contribution in [3.63, 3.8) is 0 Å². The number of aliphatic hydroxyl groups excluding tert-OH is 1. The molecule has 1 heterocycles. The van der Waals surface area contributed by atoms with Crippen LogP contribution in [0.1, 0.15) is 71.1 Å². The summed E-state index contributed by atoms with van der Waals surface area (Å²) < 4.78 is 30.6. The zero-order chi connectivity index (χ0) is 18.5. The molecule has 1 rings (SSSR count). The lowest BCUT2D eigenvalue weighted by molar-refractivity contribution is -0.150. The van der Waals surface area contributed by atoms with E-state index in [-0.39, 0.29) is 5.57 Å². The highest BCUT2D eigenvalue weighted by molar-refractivity contribution is 7.92. The van der Waals surface area contributed by atoms with Gasteiger partial charge in [0.1, 0.15) is 0 Å². The summed E-state index contributed by atoms with van der Waals surface area (Å²) in [5.74, 6) is -0.678. The van der Waals surface area contributed by atoms with E-state index in [2.05, 4.69) is 16.4 Å². The Kier molecular flexibility index (Phi) is 10.7. The van der Waals surface area contributed by atoms with Crippen LogP contribution in [0.2, 0.25) is 0 Å². The number of nitrogens with one attached hydrogen (secondary N) is 1. The summed E-state index contributed by atoms with van der Waals surface area (Å²) in [4.78, 5) is 10.9. The second-order valence-electron chi connectivity index (χ2n) is 6.36. The van der Waals surface area contributed by atoms with Gasteiger partial charge in [0.05, 0.1) is 0 Å². The molecule has 0 aromatic carbocycles. The highest BCUT2D eigenvalue weighted by Gasteiger charge is 2.21. The fourth-order valence-corrected chi connectivity index (χ4v) is 3.45. The van der Waals surface area contributed by atoms with Crippen LogP contribution in [-0.2, 0) is 19.6 Å². The van der Waals surface area contributed by atoms with E-state index >= 15 is 0 Å². The van der Waals surface area contributed by atoms with Crippen LogP contribution in [0.4, 0.5) is 0 Å². The van der Waals surface area contributed by atoms with Crippen molar-refractivity contribution in [3.8, 4) is 0 Å². The molecule has 0 saturated heterocycles. The van der Waals surface area contributed by atoms with E-state index in [9.17, 15) is 18.3 Å².